The van der Waals surface area contributed by atoms with E-state index in [1.54, 1.807) is 32.5 Å². The van der Waals surface area contributed by atoms with Gasteiger partial charge in [-0.1, -0.05) is 24.4 Å². The molecule has 0 unspecified atom stereocenters. The summed E-state index contributed by atoms with van der Waals surface area (Å²) in [4.78, 5) is 11.3. The lowest BCUT2D eigenvalue weighted by atomic mass is 10.2. The third kappa shape index (κ3) is 4.25. The molecule has 3 rings (SSSR count). The molecule has 1 fully saturated rings. The third-order valence-electron chi connectivity index (χ3n) is 4.29. The molecule has 134 valence electrons. The molecule has 1 aliphatic rings. The van der Waals surface area contributed by atoms with Gasteiger partial charge >= 0.3 is 0 Å². The van der Waals surface area contributed by atoms with Crippen LogP contribution in [0.15, 0.2) is 24.4 Å². The van der Waals surface area contributed by atoms with Crippen LogP contribution in [0.2, 0.25) is 5.02 Å². The molecular formula is C18H23ClN4O2. The van der Waals surface area contributed by atoms with E-state index in [9.17, 15) is 0 Å². The maximum atomic E-state index is 6.15. The van der Waals surface area contributed by atoms with Crippen molar-refractivity contribution < 1.29 is 9.47 Å². The molecule has 7 heteroatoms. The normalized spacial score (nSPS) is 14.8. The number of nitrogens with zero attached hydrogens (tertiary/aromatic N) is 3. The Bertz CT molecular complexity index is 718. The Morgan fingerprint density at radius 2 is 1.76 bits per heavy atom. The number of ether oxygens (including phenoxy) is 2. The van der Waals surface area contributed by atoms with Crippen molar-refractivity contribution >= 4 is 29.1 Å². The molecule has 0 bridgehead atoms. The van der Waals surface area contributed by atoms with Crippen molar-refractivity contribution in [2.24, 2.45) is 0 Å². The van der Waals surface area contributed by atoms with Crippen LogP contribution in [0, 0.1) is 0 Å². The molecule has 2 heterocycles. The zero-order chi connectivity index (χ0) is 17.6. The average molecular weight is 363 g/mol. The largest absolute Gasteiger partial charge is 0.495 e. The Morgan fingerprint density at radius 1 is 1.04 bits per heavy atom. The Morgan fingerprint density at radius 3 is 2.44 bits per heavy atom. The summed E-state index contributed by atoms with van der Waals surface area (Å²) in [5.41, 5.74) is 0.705. The van der Waals surface area contributed by atoms with Crippen molar-refractivity contribution in [2.45, 2.75) is 25.7 Å². The molecule has 25 heavy (non-hydrogen) atoms. The first-order valence-corrected chi connectivity index (χ1v) is 8.85. The SMILES string of the molecule is COc1cc(Nc2nccc(N3CCCCCC3)n2)c(OC)cc1Cl. The summed E-state index contributed by atoms with van der Waals surface area (Å²) in [5.74, 6) is 2.63. The number of aromatic nitrogens is 2. The van der Waals surface area contributed by atoms with Gasteiger partial charge in [-0.15, -0.1) is 0 Å². The van der Waals surface area contributed by atoms with Gasteiger partial charge in [-0.2, -0.15) is 4.98 Å². The lowest BCUT2D eigenvalue weighted by molar-refractivity contribution is 0.405. The second kappa shape index (κ2) is 8.25. The van der Waals surface area contributed by atoms with Crippen molar-refractivity contribution in [3.8, 4) is 11.5 Å². The van der Waals surface area contributed by atoms with E-state index >= 15 is 0 Å². The van der Waals surface area contributed by atoms with E-state index in [0.717, 1.165) is 18.9 Å². The van der Waals surface area contributed by atoms with Crippen LogP contribution in [0.25, 0.3) is 0 Å². The maximum Gasteiger partial charge on any atom is 0.229 e. The topological polar surface area (TPSA) is 59.5 Å². The Kier molecular flexibility index (Phi) is 5.81. The fourth-order valence-corrected chi connectivity index (χ4v) is 3.19. The first-order valence-electron chi connectivity index (χ1n) is 8.48. The van der Waals surface area contributed by atoms with Crippen molar-refractivity contribution in [3.63, 3.8) is 0 Å². The van der Waals surface area contributed by atoms with E-state index in [1.165, 1.54) is 25.7 Å². The minimum Gasteiger partial charge on any atom is -0.495 e. The molecule has 0 radical (unpaired) electrons. The van der Waals surface area contributed by atoms with Crippen molar-refractivity contribution in [1.29, 1.82) is 0 Å². The second-order valence-corrected chi connectivity index (χ2v) is 6.36. The van der Waals surface area contributed by atoms with E-state index in [2.05, 4.69) is 20.2 Å². The van der Waals surface area contributed by atoms with Gasteiger partial charge < -0.3 is 19.7 Å². The van der Waals surface area contributed by atoms with Gasteiger partial charge in [0.15, 0.2) is 0 Å². The molecule has 1 saturated heterocycles. The monoisotopic (exact) mass is 362 g/mol. The highest BCUT2D eigenvalue weighted by atomic mass is 35.5. The smallest absolute Gasteiger partial charge is 0.229 e. The average Bonchev–Trinajstić information content (AvgIpc) is 2.92. The van der Waals surface area contributed by atoms with Gasteiger partial charge in [0.25, 0.3) is 0 Å². The van der Waals surface area contributed by atoms with Crippen LogP contribution in [0.4, 0.5) is 17.5 Å². The molecule has 0 amide bonds. The number of hydrogen-bond acceptors (Lipinski definition) is 6. The van der Waals surface area contributed by atoms with Gasteiger partial charge in [0.05, 0.1) is 24.9 Å². The van der Waals surface area contributed by atoms with E-state index < -0.39 is 0 Å². The van der Waals surface area contributed by atoms with Gasteiger partial charge in [0, 0.05) is 31.4 Å². The van der Waals surface area contributed by atoms with E-state index in [-0.39, 0.29) is 0 Å². The summed E-state index contributed by atoms with van der Waals surface area (Å²) in [6, 6.07) is 5.45. The minimum atomic E-state index is 0.490. The highest BCUT2D eigenvalue weighted by Gasteiger charge is 2.14. The van der Waals surface area contributed by atoms with E-state index in [1.807, 2.05) is 6.07 Å². The highest BCUT2D eigenvalue weighted by Crippen LogP contribution is 2.37. The quantitative estimate of drug-likeness (QED) is 0.857. The van der Waals surface area contributed by atoms with E-state index in [0.29, 0.717) is 28.2 Å². The highest BCUT2D eigenvalue weighted by molar-refractivity contribution is 6.32. The number of halogens is 1. The number of benzene rings is 1. The van der Waals surface area contributed by atoms with Crippen LogP contribution in [0.5, 0.6) is 11.5 Å². The first kappa shape index (κ1) is 17.6. The van der Waals surface area contributed by atoms with E-state index in [4.69, 9.17) is 21.1 Å². The zero-order valence-corrected chi connectivity index (χ0v) is 15.3. The fourth-order valence-electron chi connectivity index (χ4n) is 2.96. The molecular weight excluding hydrogens is 340 g/mol. The number of methoxy groups -OCH3 is 2. The second-order valence-electron chi connectivity index (χ2n) is 5.95. The van der Waals surface area contributed by atoms with Crippen molar-refractivity contribution in [2.75, 3.05) is 37.5 Å². The summed E-state index contributed by atoms with van der Waals surface area (Å²) >= 11 is 6.15. The summed E-state index contributed by atoms with van der Waals surface area (Å²) < 4.78 is 10.7. The van der Waals surface area contributed by atoms with Gasteiger partial charge in [-0.3, -0.25) is 0 Å². The molecule has 1 N–H and O–H groups in total. The van der Waals surface area contributed by atoms with Gasteiger partial charge in [-0.05, 0) is 18.9 Å². The molecule has 0 aliphatic carbocycles. The molecule has 0 spiro atoms. The predicted molar refractivity (Wildman–Crippen MR) is 101 cm³/mol. The number of anilines is 3. The Hall–Kier alpha value is -2.21. The number of nitrogens with one attached hydrogen (secondary N) is 1. The van der Waals surface area contributed by atoms with Crippen LogP contribution < -0.4 is 19.7 Å². The van der Waals surface area contributed by atoms with Crippen LogP contribution in [-0.4, -0.2) is 37.3 Å². The lowest BCUT2D eigenvalue weighted by Gasteiger charge is -2.21. The third-order valence-corrected chi connectivity index (χ3v) is 4.59. The summed E-state index contributed by atoms with van der Waals surface area (Å²) in [5, 5.41) is 3.70. The first-order chi connectivity index (χ1) is 12.2. The summed E-state index contributed by atoms with van der Waals surface area (Å²) in [6.07, 6.45) is 6.75. The van der Waals surface area contributed by atoms with Crippen LogP contribution in [0.3, 0.4) is 0 Å². The lowest BCUT2D eigenvalue weighted by Crippen LogP contribution is -2.25. The van der Waals surface area contributed by atoms with Gasteiger partial charge in [0.1, 0.15) is 17.3 Å². The fraction of sp³-hybridized carbons (Fsp3) is 0.444. The molecule has 1 aliphatic heterocycles. The Labute approximate surface area is 153 Å². The Balaban J connectivity index is 1.84. The summed E-state index contributed by atoms with van der Waals surface area (Å²) in [7, 11) is 3.17. The number of hydrogen-bond donors (Lipinski definition) is 1. The summed E-state index contributed by atoms with van der Waals surface area (Å²) in [6.45, 7) is 2.07. The number of rotatable bonds is 5. The van der Waals surface area contributed by atoms with Crippen LogP contribution in [-0.2, 0) is 0 Å². The van der Waals surface area contributed by atoms with Crippen molar-refractivity contribution in [3.05, 3.63) is 29.4 Å². The van der Waals surface area contributed by atoms with Gasteiger partial charge in [-0.25, -0.2) is 4.98 Å². The predicted octanol–water partition coefficient (Wildman–Crippen LogP) is 4.27. The standard InChI is InChI=1S/C18H23ClN4O2/c1-24-15-12-14(16(25-2)11-13(15)19)21-18-20-8-7-17(22-18)23-9-5-3-4-6-10-23/h7-8,11-12H,3-6,9-10H2,1-2H3,(H,20,21,22). The molecule has 6 nitrogen and oxygen atoms in total. The molecule has 0 atom stereocenters. The van der Waals surface area contributed by atoms with Gasteiger partial charge in [0.2, 0.25) is 5.95 Å². The molecule has 0 saturated carbocycles. The minimum absolute atomic E-state index is 0.490. The molecule has 2 aromatic rings. The van der Waals surface area contributed by atoms with Crippen LogP contribution in [0.1, 0.15) is 25.7 Å². The van der Waals surface area contributed by atoms with Crippen molar-refractivity contribution in [1.82, 2.24) is 9.97 Å². The molecule has 1 aromatic heterocycles. The van der Waals surface area contributed by atoms with Crippen LogP contribution >= 0.6 is 11.6 Å². The maximum absolute atomic E-state index is 6.15. The zero-order valence-electron chi connectivity index (χ0n) is 14.6. The molecule has 1 aromatic carbocycles.